The lowest BCUT2D eigenvalue weighted by molar-refractivity contribution is -0.212. The number of halogens is 3. The molecule has 0 spiro atoms. The van der Waals surface area contributed by atoms with Crippen molar-refractivity contribution in [1.82, 2.24) is 15.1 Å². The highest BCUT2D eigenvalue weighted by Gasteiger charge is 2.56. The molecule has 3 rings (SSSR count). The molecule has 1 fully saturated rings. The van der Waals surface area contributed by atoms with Gasteiger partial charge in [-0.15, -0.1) is 0 Å². The smallest absolute Gasteiger partial charge is 0.411 e. The van der Waals surface area contributed by atoms with Crippen molar-refractivity contribution < 1.29 is 27.4 Å². The van der Waals surface area contributed by atoms with E-state index in [0.717, 1.165) is 6.42 Å². The van der Waals surface area contributed by atoms with Gasteiger partial charge in [-0.05, 0) is 0 Å². The molecule has 1 aromatic heterocycles. The highest BCUT2D eigenvalue weighted by atomic mass is 19.4. The maximum atomic E-state index is 13.4. The Kier molecular flexibility index (Phi) is 3.75. The van der Waals surface area contributed by atoms with Gasteiger partial charge in [0.1, 0.15) is 5.54 Å². The molecule has 0 aliphatic carbocycles. The first-order chi connectivity index (χ1) is 10.4. The van der Waals surface area contributed by atoms with Crippen LogP contribution in [0.3, 0.4) is 0 Å². The highest BCUT2D eigenvalue weighted by molar-refractivity contribution is 5.93. The van der Waals surface area contributed by atoms with Crippen molar-refractivity contribution in [2.24, 2.45) is 0 Å². The molecule has 1 aromatic rings. The van der Waals surface area contributed by atoms with E-state index in [1.165, 1.54) is 10.7 Å². The molecule has 9 heteroatoms. The fraction of sp³-hybridized carbons (Fsp3) is 0.692. The molecule has 6 nitrogen and oxygen atoms in total. The Hall–Kier alpha value is -1.77. The summed E-state index contributed by atoms with van der Waals surface area (Å²) in [6, 6.07) is 1.37. The van der Waals surface area contributed by atoms with Crippen LogP contribution in [0, 0.1) is 0 Å². The van der Waals surface area contributed by atoms with Crippen LogP contribution in [-0.2, 0) is 11.3 Å². The van der Waals surface area contributed by atoms with Crippen LogP contribution in [0.1, 0.15) is 29.8 Å². The van der Waals surface area contributed by atoms with Gasteiger partial charge < -0.3 is 14.8 Å². The van der Waals surface area contributed by atoms with Crippen LogP contribution in [0.2, 0.25) is 0 Å². The normalized spacial score (nSPS) is 20.9. The molecular formula is C13H16F3N3O3. The van der Waals surface area contributed by atoms with Crippen molar-refractivity contribution in [3.05, 3.63) is 11.8 Å². The largest absolute Gasteiger partial charge is 0.478 e. The van der Waals surface area contributed by atoms with Gasteiger partial charge in [0.15, 0.2) is 5.69 Å². The van der Waals surface area contributed by atoms with Gasteiger partial charge >= 0.3 is 6.18 Å². The molecule has 122 valence electrons. The van der Waals surface area contributed by atoms with Crippen LogP contribution in [0.25, 0.3) is 0 Å². The Bertz CT molecular complexity index is 541. The molecular weight excluding hydrogens is 303 g/mol. The van der Waals surface area contributed by atoms with Crippen LogP contribution >= 0.6 is 0 Å². The van der Waals surface area contributed by atoms with Crippen molar-refractivity contribution >= 4 is 5.91 Å². The van der Waals surface area contributed by atoms with E-state index >= 15 is 0 Å². The number of rotatable bonds is 2. The van der Waals surface area contributed by atoms with Gasteiger partial charge in [0.2, 0.25) is 5.88 Å². The third kappa shape index (κ3) is 2.65. The zero-order valence-electron chi connectivity index (χ0n) is 11.8. The minimum Gasteiger partial charge on any atom is -0.478 e. The van der Waals surface area contributed by atoms with Crippen molar-refractivity contribution in [2.45, 2.75) is 37.5 Å². The first kappa shape index (κ1) is 15.1. The van der Waals surface area contributed by atoms with Crippen LogP contribution < -0.4 is 10.1 Å². The van der Waals surface area contributed by atoms with E-state index in [1.54, 1.807) is 0 Å². The van der Waals surface area contributed by atoms with Crippen LogP contribution in [0.15, 0.2) is 6.07 Å². The summed E-state index contributed by atoms with van der Waals surface area (Å²) in [5.74, 6) is -0.436. The second-order valence-corrected chi connectivity index (χ2v) is 5.44. The summed E-state index contributed by atoms with van der Waals surface area (Å²) in [6.45, 7) is 1.02. The lowest BCUT2D eigenvalue weighted by atomic mass is 9.89. The van der Waals surface area contributed by atoms with Crippen LogP contribution in [-0.4, -0.2) is 47.2 Å². The zero-order chi connectivity index (χ0) is 15.8. The number of fused-ring (bicyclic) bond motifs is 1. The number of amides is 1. The number of aryl methyl sites for hydroxylation is 1. The lowest BCUT2D eigenvalue weighted by Crippen LogP contribution is -2.61. The standard InChI is InChI=1S/C13H16F3N3O3/c14-13(15,16)12(2-6-21-7-3-12)17-11(20)9-8-10-19(18-9)4-1-5-22-10/h8H,1-7H2,(H,17,20). The molecule has 1 amide bonds. The average Bonchev–Trinajstić information content (AvgIpc) is 2.91. The molecule has 0 bridgehead atoms. The van der Waals surface area contributed by atoms with Gasteiger partial charge in [-0.1, -0.05) is 0 Å². The third-order valence-electron chi connectivity index (χ3n) is 3.98. The van der Waals surface area contributed by atoms with Crippen LogP contribution in [0.5, 0.6) is 5.88 Å². The molecule has 1 N–H and O–H groups in total. The van der Waals surface area contributed by atoms with Gasteiger partial charge in [0.25, 0.3) is 5.91 Å². The molecule has 0 atom stereocenters. The molecule has 0 aromatic carbocycles. The second kappa shape index (κ2) is 5.45. The van der Waals surface area contributed by atoms with E-state index in [-0.39, 0.29) is 31.7 Å². The number of nitrogens with zero attached hydrogens (tertiary/aromatic N) is 2. The van der Waals surface area contributed by atoms with Crippen molar-refractivity contribution in [1.29, 1.82) is 0 Å². The van der Waals surface area contributed by atoms with Gasteiger partial charge in [-0.3, -0.25) is 4.79 Å². The average molecular weight is 319 g/mol. The van der Waals surface area contributed by atoms with Gasteiger partial charge in [-0.2, -0.15) is 18.3 Å². The Morgan fingerprint density at radius 2 is 2.05 bits per heavy atom. The molecule has 2 aliphatic rings. The summed E-state index contributed by atoms with van der Waals surface area (Å²) in [5, 5.41) is 6.13. The summed E-state index contributed by atoms with van der Waals surface area (Å²) < 4.78 is 51.9. The molecule has 1 saturated heterocycles. The molecule has 0 radical (unpaired) electrons. The quantitative estimate of drug-likeness (QED) is 0.897. The fourth-order valence-electron chi connectivity index (χ4n) is 2.66. The van der Waals surface area contributed by atoms with Crippen LogP contribution in [0.4, 0.5) is 13.2 Å². The molecule has 0 unspecified atom stereocenters. The van der Waals surface area contributed by atoms with Crippen molar-refractivity contribution in [3.63, 3.8) is 0 Å². The minimum atomic E-state index is -4.54. The topological polar surface area (TPSA) is 65.4 Å². The summed E-state index contributed by atoms with van der Waals surface area (Å²) in [4.78, 5) is 12.2. The molecule has 3 heterocycles. The molecule has 22 heavy (non-hydrogen) atoms. The third-order valence-corrected chi connectivity index (χ3v) is 3.98. The second-order valence-electron chi connectivity index (χ2n) is 5.44. The minimum absolute atomic E-state index is 0.0391. The number of carbonyl (C=O) groups excluding carboxylic acids is 1. The number of ether oxygens (including phenoxy) is 2. The summed E-state index contributed by atoms with van der Waals surface area (Å²) in [7, 11) is 0. The van der Waals surface area contributed by atoms with E-state index in [2.05, 4.69) is 10.4 Å². The maximum absolute atomic E-state index is 13.4. The number of alkyl halides is 3. The number of carbonyl (C=O) groups is 1. The van der Waals surface area contributed by atoms with Gasteiger partial charge in [-0.25, -0.2) is 4.68 Å². The van der Waals surface area contributed by atoms with E-state index in [4.69, 9.17) is 9.47 Å². The van der Waals surface area contributed by atoms with E-state index in [1.807, 2.05) is 0 Å². The number of hydrogen-bond donors (Lipinski definition) is 1. The predicted molar refractivity (Wildman–Crippen MR) is 68.6 cm³/mol. The van der Waals surface area contributed by atoms with E-state index in [0.29, 0.717) is 19.0 Å². The van der Waals surface area contributed by atoms with Crippen molar-refractivity contribution in [2.75, 3.05) is 19.8 Å². The monoisotopic (exact) mass is 319 g/mol. The highest BCUT2D eigenvalue weighted by Crippen LogP contribution is 2.38. The first-order valence-corrected chi connectivity index (χ1v) is 7.09. The zero-order valence-corrected chi connectivity index (χ0v) is 11.8. The Labute approximate surface area is 124 Å². The van der Waals surface area contributed by atoms with E-state index in [9.17, 15) is 18.0 Å². The summed E-state index contributed by atoms with van der Waals surface area (Å²) >= 11 is 0. The Morgan fingerprint density at radius 1 is 1.32 bits per heavy atom. The van der Waals surface area contributed by atoms with E-state index < -0.39 is 17.6 Å². The SMILES string of the molecule is O=C(NC1(C(F)(F)F)CCOCC1)c1cc2n(n1)CCCO2. The molecule has 2 aliphatic heterocycles. The fourth-order valence-corrected chi connectivity index (χ4v) is 2.66. The number of hydrogen-bond acceptors (Lipinski definition) is 4. The number of nitrogens with one attached hydrogen (secondary N) is 1. The van der Waals surface area contributed by atoms with Gasteiger partial charge in [0.05, 0.1) is 6.61 Å². The number of aromatic nitrogens is 2. The Balaban J connectivity index is 1.80. The maximum Gasteiger partial charge on any atom is 0.411 e. The summed E-state index contributed by atoms with van der Waals surface area (Å²) in [5.41, 5.74) is -2.32. The van der Waals surface area contributed by atoms with Crippen molar-refractivity contribution in [3.8, 4) is 5.88 Å². The summed E-state index contributed by atoms with van der Waals surface area (Å²) in [6.07, 6.45) is -4.39. The lowest BCUT2D eigenvalue weighted by Gasteiger charge is -2.39. The predicted octanol–water partition coefficient (Wildman–Crippen LogP) is 1.51. The molecule has 0 saturated carbocycles. The van der Waals surface area contributed by atoms with Gasteiger partial charge in [0, 0.05) is 45.1 Å². The Morgan fingerprint density at radius 3 is 2.68 bits per heavy atom. The first-order valence-electron chi connectivity index (χ1n) is 7.09.